The van der Waals surface area contributed by atoms with Gasteiger partial charge in [-0.1, -0.05) is 67.6 Å². The Hall–Kier alpha value is -3.31. The van der Waals surface area contributed by atoms with Crippen molar-refractivity contribution in [2.75, 3.05) is 0 Å². The van der Waals surface area contributed by atoms with E-state index in [2.05, 4.69) is 41.2 Å². The molecule has 0 radical (unpaired) electrons. The van der Waals surface area contributed by atoms with Gasteiger partial charge in [0.05, 0.1) is 0 Å². The third-order valence-electron chi connectivity index (χ3n) is 5.25. The van der Waals surface area contributed by atoms with Gasteiger partial charge in [0.25, 0.3) is 5.22 Å². The molecular formula is C25H20N2O2S. The molecule has 2 heterocycles. The number of oxazole rings is 1. The summed E-state index contributed by atoms with van der Waals surface area (Å²) in [7, 11) is 0. The molecule has 0 spiro atoms. The zero-order valence-electron chi connectivity index (χ0n) is 16.5. The van der Waals surface area contributed by atoms with Crippen LogP contribution in [0.1, 0.15) is 24.8 Å². The molecule has 1 atom stereocenters. The van der Waals surface area contributed by atoms with Crippen molar-refractivity contribution >= 4 is 38.9 Å². The molecule has 0 saturated carbocycles. The highest BCUT2D eigenvalue weighted by Gasteiger charge is 2.22. The molecule has 0 aliphatic carbocycles. The molecular weight excluding hydrogens is 392 g/mol. The SMILES string of the molecule is C[C@H](CC(=O)Sc1nc2ccccc2o1)c1c(-c2ccccc2)[nH]c2ccccc12. The average Bonchev–Trinajstić information content (AvgIpc) is 3.35. The van der Waals surface area contributed by atoms with Crippen LogP contribution in [0.3, 0.4) is 0 Å². The first-order chi connectivity index (χ1) is 14.7. The topological polar surface area (TPSA) is 58.9 Å². The van der Waals surface area contributed by atoms with Crippen molar-refractivity contribution in [1.82, 2.24) is 9.97 Å². The van der Waals surface area contributed by atoms with Crippen LogP contribution in [0.4, 0.5) is 0 Å². The maximum Gasteiger partial charge on any atom is 0.264 e. The van der Waals surface area contributed by atoms with Crippen molar-refractivity contribution in [2.45, 2.75) is 24.5 Å². The lowest BCUT2D eigenvalue weighted by Crippen LogP contribution is -2.02. The number of H-pyrrole nitrogens is 1. The summed E-state index contributed by atoms with van der Waals surface area (Å²) in [6.45, 7) is 2.10. The Morgan fingerprint density at radius 3 is 2.57 bits per heavy atom. The largest absolute Gasteiger partial charge is 0.431 e. The molecule has 1 N–H and O–H groups in total. The van der Waals surface area contributed by atoms with Crippen molar-refractivity contribution in [2.24, 2.45) is 0 Å². The molecule has 2 aromatic heterocycles. The predicted octanol–water partition coefficient (Wildman–Crippen LogP) is 6.79. The molecule has 0 unspecified atom stereocenters. The number of aromatic amines is 1. The van der Waals surface area contributed by atoms with Gasteiger partial charge >= 0.3 is 0 Å². The second kappa shape index (κ2) is 7.84. The molecule has 148 valence electrons. The highest BCUT2D eigenvalue weighted by Crippen LogP contribution is 2.38. The van der Waals surface area contributed by atoms with E-state index in [0.29, 0.717) is 17.2 Å². The Morgan fingerprint density at radius 2 is 1.73 bits per heavy atom. The number of para-hydroxylation sites is 3. The molecule has 3 aromatic carbocycles. The first kappa shape index (κ1) is 18.7. The zero-order chi connectivity index (χ0) is 20.5. The Kier molecular flexibility index (Phi) is 4.89. The highest BCUT2D eigenvalue weighted by molar-refractivity contribution is 8.13. The lowest BCUT2D eigenvalue weighted by Gasteiger charge is -2.13. The summed E-state index contributed by atoms with van der Waals surface area (Å²) in [4.78, 5) is 20.8. The summed E-state index contributed by atoms with van der Waals surface area (Å²) in [6, 6.07) is 26.1. The molecule has 30 heavy (non-hydrogen) atoms. The van der Waals surface area contributed by atoms with Crippen LogP contribution >= 0.6 is 11.8 Å². The van der Waals surface area contributed by atoms with Crippen molar-refractivity contribution < 1.29 is 9.21 Å². The summed E-state index contributed by atoms with van der Waals surface area (Å²) >= 11 is 1.08. The Balaban J connectivity index is 1.44. The lowest BCUT2D eigenvalue weighted by molar-refractivity contribution is -0.111. The van der Waals surface area contributed by atoms with E-state index < -0.39 is 0 Å². The maximum atomic E-state index is 12.8. The number of hydrogen-bond acceptors (Lipinski definition) is 4. The fraction of sp³-hybridized carbons (Fsp3) is 0.120. The van der Waals surface area contributed by atoms with Gasteiger partial charge in [-0.3, -0.25) is 4.79 Å². The van der Waals surface area contributed by atoms with Crippen molar-refractivity contribution in [1.29, 1.82) is 0 Å². The molecule has 0 amide bonds. The number of carbonyl (C=O) groups excluding carboxylic acids is 1. The van der Waals surface area contributed by atoms with Crippen LogP contribution in [-0.2, 0) is 4.79 Å². The van der Waals surface area contributed by atoms with E-state index in [1.54, 1.807) is 0 Å². The third-order valence-corrected chi connectivity index (χ3v) is 5.99. The van der Waals surface area contributed by atoms with E-state index >= 15 is 0 Å². The number of rotatable bonds is 5. The predicted molar refractivity (Wildman–Crippen MR) is 122 cm³/mol. The van der Waals surface area contributed by atoms with E-state index in [4.69, 9.17) is 4.42 Å². The van der Waals surface area contributed by atoms with Crippen molar-refractivity contribution in [3.8, 4) is 11.3 Å². The van der Waals surface area contributed by atoms with Crippen LogP contribution < -0.4 is 0 Å². The van der Waals surface area contributed by atoms with Gasteiger partial charge in [0.15, 0.2) is 10.7 Å². The van der Waals surface area contributed by atoms with Gasteiger partial charge in [-0.05, 0) is 35.2 Å². The number of carbonyl (C=O) groups is 1. The van der Waals surface area contributed by atoms with E-state index in [1.807, 2.05) is 54.6 Å². The molecule has 0 bridgehead atoms. The van der Waals surface area contributed by atoms with Gasteiger partial charge in [-0.25, -0.2) is 4.98 Å². The monoisotopic (exact) mass is 412 g/mol. The standard InChI is InChI=1S/C25H20N2O2S/c1-16(15-22(28)30-25-27-20-13-7-8-14-21(20)29-25)23-18-11-5-6-12-19(18)26-24(23)17-9-3-2-4-10-17/h2-14,16,26H,15H2,1H3/t16-/m1/s1. The van der Waals surface area contributed by atoms with Crippen LogP contribution in [0, 0.1) is 0 Å². The average molecular weight is 413 g/mol. The van der Waals surface area contributed by atoms with Gasteiger partial charge < -0.3 is 9.40 Å². The van der Waals surface area contributed by atoms with Crippen molar-refractivity contribution in [3.05, 3.63) is 84.4 Å². The summed E-state index contributed by atoms with van der Waals surface area (Å²) in [6.07, 6.45) is 0.394. The number of hydrogen-bond donors (Lipinski definition) is 1. The second-order valence-electron chi connectivity index (χ2n) is 7.35. The lowest BCUT2D eigenvalue weighted by atomic mass is 9.93. The Labute approximate surface area is 178 Å². The van der Waals surface area contributed by atoms with Gasteiger partial charge in [-0.15, -0.1) is 0 Å². The maximum absolute atomic E-state index is 12.8. The summed E-state index contributed by atoms with van der Waals surface area (Å²) in [5.74, 6) is 0.0423. The normalized spacial score (nSPS) is 12.4. The number of nitrogens with one attached hydrogen (secondary N) is 1. The van der Waals surface area contributed by atoms with Crippen LogP contribution in [0.5, 0.6) is 0 Å². The van der Waals surface area contributed by atoms with Crippen LogP contribution in [0.15, 0.2) is 88.5 Å². The molecule has 0 saturated heterocycles. The molecule has 5 rings (SSSR count). The summed E-state index contributed by atoms with van der Waals surface area (Å²) in [5.41, 5.74) is 5.91. The van der Waals surface area contributed by atoms with Crippen LogP contribution in [0.25, 0.3) is 33.3 Å². The molecule has 0 aliphatic rings. The number of fused-ring (bicyclic) bond motifs is 2. The molecule has 4 nitrogen and oxygen atoms in total. The third kappa shape index (κ3) is 3.53. The molecule has 5 aromatic rings. The fourth-order valence-corrected chi connectivity index (χ4v) is 4.70. The summed E-state index contributed by atoms with van der Waals surface area (Å²) in [5, 5.41) is 1.59. The van der Waals surface area contributed by atoms with Crippen molar-refractivity contribution in [3.63, 3.8) is 0 Å². The van der Waals surface area contributed by atoms with Gasteiger partial charge in [-0.2, -0.15) is 0 Å². The second-order valence-corrected chi connectivity index (χ2v) is 8.36. The minimum atomic E-state index is 0.0401. The number of nitrogens with zero attached hydrogens (tertiary/aromatic N) is 1. The fourth-order valence-electron chi connectivity index (χ4n) is 3.89. The first-order valence-corrected chi connectivity index (χ1v) is 10.7. The Bertz CT molecular complexity index is 1300. The number of thioether (sulfide) groups is 1. The smallest absolute Gasteiger partial charge is 0.264 e. The highest BCUT2D eigenvalue weighted by atomic mass is 32.2. The molecule has 0 fully saturated rings. The Morgan fingerprint density at radius 1 is 1.00 bits per heavy atom. The zero-order valence-corrected chi connectivity index (χ0v) is 17.3. The van der Waals surface area contributed by atoms with Gasteiger partial charge in [0.1, 0.15) is 5.52 Å². The minimum Gasteiger partial charge on any atom is -0.431 e. The van der Waals surface area contributed by atoms with E-state index in [-0.39, 0.29) is 11.0 Å². The molecule has 0 aliphatic heterocycles. The van der Waals surface area contributed by atoms with Crippen LogP contribution in [-0.4, -0.2) is 15.1 Å². The van der Waals surface area contributed by atoms with Gasteiger partial charge in [0, 0.05) is 34.8 Å². The quantitative estimate of drug-likeness (QED) is 0.323. The number of benzene rings is 3. The summed E-state index contributed by atoms with van der Waals surface area (Å²) < 4.78 is 5.70. The molecule has 5 heteroatoms. The van der Waals surface area contributed by atoms with E-state index in [1.165, 1.54) is 5.56 Å². The van der Waals surface area contributed by atoms with Gasteiger partial charge in [0.2, 0.25) is 0 Å². The van der Waals surface area contributed by atoms with E-state index in [0.717, 1.165) is 39.4 Å². The minimum absolute atomic E-state index is 0.0401. The van der Waals surface area contributed by atoms with Crippen LogP contribution in [0.2, 0.25) is 0 Å². The number of aromatic nitrogens is 2. The first-order valence-electron chi connectivity index (χ1n) is 9.91. The van der Waals surface area contributed by atoms with E-state index in [9.17, 15) is 4.79 Å².